The summed E-state index contributed by atoms with van der Waals surface area (Å²) in [5.74, 6) is 6.57. The minimum absolute atomic E-state index is 0.323. The third kappa shape index (κ3) is 6.88. The third-order valence-corrected chi connectivity index (χ3v) is 6.75. The van der Waals surface area contributed by atoms with Crippen molar-refractivity contribution in [3.05, 3.63) is 94.7 Å². The van der Waals surface area contributed by atoms with Crippen molar-refractivity contribution >= 4 is 23.4 Å². The second-order valence-corrected chi connectivity index (χ2v) is 9.91. The maximum Gasteiger partial charge on any atom is 0.255 e. The van der Waals surface area contributed by atoms with Gasteiger partial charge in [0.1, 0.15) is 5.82 Å². The normalized spacial score (nSPS) is 13.9. The molecule has 1 aliphatic heterocycles. The summed E-state index contributed by atoms with van der Waals surface area (Å²) in [4.78, 5) is 26.0. The van der Waals surface area contributed by atoms with Crippen LogP contribution in [0.1, 0.15) is 32.6 Å². The molecule has 10 heteroatoms. The van der Waals surface area contributed by atoms with Crippen LogP contribution in [-0.2, 0) is 13.6 Å². The van der Waals surface area contributed by atoms with Gasteiger partial charge in [0.05, 0.1) is 5.56 Å². The highest BCUT2D eigenvalue weighted by molar-refractivity contribution is 6.04. The first kappa shape index (κ1) is 27.0. The molecule has 0 unspecified atom stereocenters. The Morgan fingerprint density at radius 1 is 1.00 bits per heavy atom. The van der Waals surface area contributed by atoms with Crippen LogP contribution in [0, 0.1) is 24.6 Å². The molecule has 2 aromatic heterocycles. The predicted octanol–water partition coefficient (Wildman–Crippen LogP) is 3.80. The minimum Gasteiger partial charge on any atom is -0.322 e. The summed E-state index contributed by atoms with van der Waals surface area (Å²) in [7, 11) is 3.92. The molecule has 1 fully saturated rings. The maximum absolute atomic E-state index is 14.8. The van der Waals surface area contributed by atoms with Gasteiger partial charge in [0.2, 0.25) is 5.95 Å². The molecule has 3 heterocycles. The zero-order valence-electron chi connectivity index (χ0n) is 22.8. The number of benzene rings is 2. The number of hydrogen-bond acceptors (Lipinski definition) is 7. The molecule has 4 aromatic rings. The molecule has 0 aliphatic carbocycles. The summed E-state index contributed by atoms with van der Waals surface area (Å²) < 4.78 is 16.5. The van der Waals surface area contributed by atoms with Crippen LogP contribution in [0.25, 0.3) is 0 Å². The summed E-state index contributed by atoms with van der Waals surface area (Å²) in [5.41, 5.74) is 3.74. The molecule has 5 rings (SSSR count). The number of hydrogen-bond donors (Lipinski definition) is 2. The second-order valence-electron chi connectivity index (χ2n) is 9.91. The lowest BCUT2D eigenvalue weighted by Gasteiger charge is -2.32. The van der Waals surface area contributed by atoms with Crippen molar-refractivity contribution in [1.82, 2.24) is 29.5 Å². The van der Waals surface area contributed by atoms with Crippen LogP contribution in [0.15, 0.2) is 61.1 Å². The van der Waals surface area contributed by atoms with Gasteiger partial charge in [0.15, 0.2) is 5.82 Å². The van der Waals surface area contributed by atoms with E-state index in [2.05, 4.69) is 54.4 Å². The number of aryl methyl sites for hydroxylation is 2. The Hall–Kier alpha value is -4.59. The van der Waals surface area contributed by atoms with Crippen LogP contribution in [-0.4, -0.2) is 68.7 Å². The van der Waals surface area contributed by atoms with Crippen LogP contribution in [0.5, 0.6) is 0 Å². The van der Waals surface area contributed by atoms with E-state index in [0.717, 1.165) is 31.7 Å². The van der Waals surface area contributed by atoms with Crippen LogP contribution in [0.4, 0.5) is 21.8 Å². The van der Waals surface area contributed by atoms with Crippen molar-refractivity contribution in [2.75, 3.05) is 43.9 Å². The highest BCUT2D eigenvalue weighted by Crippen LogP contribution is 2.19. The number of rotatable bonds is 6. The molecule has 9 nitrogen and oxygen atoms in total. The largest absolute Gasteiger partial charge is 0.322 e. The molecule has 0 spiro atoms. The average molecular weight is 539 g/mol. The van der Waals surface area contributed by atoms with Gasteiger partial charge in [-0.3, -0.25) is 14.4 Å². The molecule has 204 valence electrons. The smallest absolute Gasteiger partial charge is 0.255 e. The molecule has 1 aliphatic rings. The van der Waals surface area contributed by atoms with Gasteiger partial charge >= 0.3 is 0 Å². The second kappa shape index (κ2) is 12.1. The van der Waals surface area contributed by atoms with Gasteiger partial charge in [-0.2, -0.15) is 5.10 Å². The number of aromatic nitrogens is 4. The highest BCUT2D eigenvalue weighted by atomic mass is 19.1. The molecule has 0 saturated carbocycles. The van der Waals surface area contributed by atoms with Gasteiger partial charge in [-0.1, -0.05) is 24.0 Å². The number of halogens is 1. The lowest BCUT2D eigenvalue weighted by atomic mass is 10.0. The number of anilines is 3. The Kier molecular flexibility index (Phi) is 8.15. The van der Waals surface area contributed by atoms with Gasteiger partial charge in [-0.15, -0.1) is 0 Å². The zero-order chi connectivity index (χ0) is 28.1. The summed E-state index contributed by atoms with van der Waals surface area (Å²) in [6.07, 6.45) is 5.07. The Bertz CT molecular complexity index is 1560. The fraction of sp³-hybridized carbons (Fsp3) is 0.267. The number of nitrogens with one attached hydrogen (secondary N) is 2. The summed E-state index contributed by atoms with van der Waals surface area (Å²) in [6.45, 7) is 6.26. The average Bonchev–Trinajstić information content (AvgIpc) is 3.36. The molecule has 2 aromatic carbocycles. The van der Waals surface area contributed by atoms with E-state index >= 15 is 0 Å². The van der Waals surface area contributed by atoms with E-state index in [1.807, 2.05) is 32.3 Å². The number of piperazine rings is 1. The van der Waals surface area contributed by atoms with Gasteiger partial charge < -0.3 is 15.5 Å². The molecule has 1 saturated heterocycles. The Labute approximate surface area is 233 Å². The molecular formula is C30H31FN8O. The third-order valence-electron chi connectivity index (χ3n) is 6.75. The number of carbonyl (C=O) groups excluding carboxylic acids is 1. The van der Waals surface area contributed by atoms with Gasteiger partial charge in [0.25, 0.3) is 5.91 Å². The number of carbonyl (C=O) groups is 1. The standard InChI is InChI=1S/C30H31FN8O/c1-21-4-6-24(16-23(21)7-5-22-18-32-30(33-19-22)35-28-10-11-38(3)36-28)29(40)34-26-9-8-25(27(31)17-26)20-39-14-12-37(2)13-15-39/h4,6,8-11,16-19H,12-15,20H2,1-3H3,(H,34,40)(H,32,33,35,36). The van der Waals surface area contributed by atoms with E-state index in [0.29, 0.717) is 46.3 Å². The van der Waals surface area contributed by atoms with Crippen LogP contribution in [0.3, 0.4) is 0 Å². The van der Waals surface area contributed by atoms with Crippen molar-refractivity contribution in [2.24, 2.45) is 7.05 Å². The molecule has 2 N–H and O–H groups in total. The molecule has 0 bridgehead atoms. The minimum atomic E-state index is -0.331. The van der Waals surface area contributed by atoms with Crippen molar-refractivity contribution in [1.29, 1.82) is 0 Å². The van der Waals surface area contributed by atoms with Crippen molar-refractivity contribution in [2.45, 2.75) is 13.5 Å². The van der Waals surface area contributed by atoms with Crippen LogP contribution in [0.2, 0.25) is 0 Å². The Balaban J connectivity index is 1.22. The Morgan fingerprint density at radius 2 is 1.77 bits per heavy atom. The van der Waals surface area contributed by atoms with Crippen LogP contribution >= 0.6 is 0 Å². The van der Waals surface area contributed by atoms with E-state index in [1.165, 1.54) is 6.07 Å². The van der Waals surface area contributed by atoms with Crippen molar-refractivity contribution in [3.63, 3.8) is 0 Å². The van der Waals surface area contributed by atoms with E-state index in [1.54, 1.807) is 41.3 Å². The fourth-order valence-electron chi connectivity index (χ4n) is 4.29. The SMILES string of the molecule is Cc1ccc(C(=O)Nc2ccc(CN3CCN(C)CC3)c(F)c2)cc1C#Cc1cnc(Nc2ccn(C)n2)nc1. The predicted molar refractivity (Wildman–Crippen MR) is 153 cm³/mol. The molecule has 0 radical (unpaired) electrons. The molecular weight excluding hydrogens is 507 g/mol. The Morgan fingerprint density at radius 3 is 2.48 bits per heavy atom. The highest BCUT2D eigenvalue weighted by Gasteiger charge is 2.16. The zero-order valence-corrected chi connectivity index (χ0v) is 22.8. The van der Waals surface area contributed by atoms with E-state index in [9.17, 15) is 9.18 Å². The monoisotopic (exact) mass is 538 g/mol. The van der Waals surface area contributed by atoms with Gasteiger partial charge in [-0.05, 0) is 43.8 Å². The first-order valence-corrected chi connectivity index (χ1v) is 13.0. The van der Waals surface area contributed by atoms with Gasteiger partial charge in [-0.25, -0.2) is 14.4 Å². The molecule has 0 atom stereocenters. The van der Waals surface area contributed by atoms with Crippen LogP contribution < -0.4 is 10.6 Å². The van der Waals surface area contributed by atoms with Crippen molar-refractivity contribution in [3.8, 4) is 11.8 Å². The van der Waals surface area contributed by atoms with E-state index in [4.69, 9.17) is 0 Å². The number of likely N-dealkylation sites (N-methyl/N-ethyl adjacent to an activating group) is 1. The summed E-state index contributed by atoms with van der Waals surface area (Å²) in [5, 5.41) is 10.1. The summed E-state index contributed by atoms with van der Waals surface area (Å²) in [6, 6.07) is 12.0. The lowest BCUT2D eigenvalue weighted by molar-refractivity contribution is 0.102. The molecule has 40 heavy (non-hydrogen) atoms. The summed E-state index contributed by atoms with van der Waals surface area (Å²) >= 11 is 0. The molecule has 1 amide bonds. The lowest BCUT2D eigenvalue weighted by Crippen LogP contribution is -2.44. The first-order chi connectivity index (χ1) is 19.3. The maximum atomic E-state index is 14.8. The number of nitrogens with zero attached hydrogens (tertiary/aromatic N) is 6. The number of amides is 1. The van der Waals surface area contributed by atoms with Gasteiger partial charge in [0, 0.05) is 86.8 Å². The van der Waals surface area contributed by atoms with E-state index < -0.39 is 0 Å². The topological polar surface area (TPSA) is 91.2 Å². The first-order valence-electron chi connectivity index (χ1n) is 13.0. The fourth-order valence-corrected chi connectivity index (χ4v) is 4.29. The quantitative estimate of drug-likeness (QED) is 0.361. The van der Waals surface area contributed by atoms with E-state index in [-0.39, 0.29) is 11.7 Å². The van der Waals surface area contributed by atoms with Crippen molar-refractivity contribution < 1.29 is 9.18 Å².